The van der Waals surface area contributed by atoms with Gasteiger partial charge in [-0.1, -0.05) is 66.7 Å². The summed E-state index contributed by atoms with van der Waals surface area (Å²) in [6.45, 7) is 2.10. The number of anilines is 2. The summed E-state index contributed by atoms with van der Waals surface area (Å²) in [7, 11) is 0. The second-order valence-corrected chi connectivity index (χ2v) is 6.58. The number of aromatic hydroxyl groups is 1. The average molecular weight is 368 g/mol. The number of nitrogen functional groups attached to an aromatic ring is 2. The largest absolute Gasteiger partial charge is 0.507 e. The van der Waals surface area contributed by atoms with Crippen LogP contribution in [0.2, 0.25) is 0 Å². The Kier molecular flexibility index (Phi) is 5.97. The topological polar surface area (TPSA) is 72.3 Å². The predicted molar refractivity (Wildman–Crippen MR) is 119 cm³/mol. The van der Waals surface area contributed by atoms with Crippen molar-refractivity contribution in [3.8, 4) is 28.0 Å². The normalized spacial score (nSPS) is 10.0. The molecular formula is C25H24N2O. The molecule has 0 aliphatic carbocycles. The summed E-state index contributed by atoms with van der Waals surface area (Å²) < 4.78 is 0. The molecule has 4 aromatic rings. The van der Waals surface area contributed by atoms with Crippen LogP contribution in [0.25, 0.3) is 22.3 Å². The van der Waals surface area contributed by atoms with E-state index in [1.54, 1.807) is 18.2 Å². The third-order valence-electron chi connectivity index (χ3n) is 4.45. The SMILES string of the molecule is Cc1ccc(N)cc1-c1ccccc1.Nc1ccc(O)c(-c2ccccc2)c1. The Hall–Kier alpha value is -3.72. The highest BCUT2D eigenvalue weighted by molar-refractivity contribution is 5.73. The van der Waals surface area contributed by atoms with Gasteiger partial charge in [0.25, 0.3) is 0 Å². The zero-order valence-electron chi connectivity index (χ0n) is 15.8. The molecule has 4 rings (SSSR count). The molecule has 28 heavy (non-hydrogen) atoms. The van der Waals surface area contributed by atoms with E-state index in [2.05, 4.69) is 25.1 Å². The molecule has 3 nitrogen and oxygen atoms in total. The summed E-state index contributed by atoms with van der Waals surface area (Å²) in [6, 6.07) is 31.0. The Balaban J connectivity index is 0.000000161. The zero-order chi connectivity index (χ0) is 19.9. The first kappa shape index (κ1) is 19.1. The number of rotatable bonds is 2. The predicted octanol–water partition coefficient (Wildman–Crippen LogP) is 5.89. The van der Waals surface area contributed by atoms with E-state index in [1.165, 1.54) is 16.7 Å². The lowest BCUT2D eigenvalue weighted by Crippen LogP contribution is -1.88. The number of hydrogen-bond donors (Lipinski definition) is 3. The highest BCUT2D eigenvalue weighted by Crippen LogP contribution is 2.30. The van der Waals surface area contributed by atoms with E-state index in [9.17, 15) is 5.11 Å². The Labute approximate surface area is 165 Å². The van der Waals surface area contributed by atoms with Crippen molar-refractivity contribution in [2.45, 2.75) is 6.92 Å². The minimum Gasteiger partial charge on any atom is -0.507 e. The van der Waals surface area contributed by atoms with Gasteiger partial charge in [0, 0.05) is 16.9 Å². The minimum atomic E-state index is 0.255. The Morgan fingerprint density at radius 1 is 0.571 bits per heavy atom. The fraction of sp³-hybridized carbons (Fsp3) is 0.0400. The third-order valence-corrected chi connectivity index (χ3v) is 4.45. The zero-order valence-corrected chi connectivity index (χ0v) is 15.8. The summed E-state index contributed by atoms with van der Waals surface area (Å²) in [5, 5.41) is 9.63. The summed E-state index contributed by atoms with van der Waals surface area (Å²) >= 11 is 0. The summed E-state index contributed by atoms with van der Waals surface area (Å²) in [6.07, 6.45) is 0. The molecule has 3 heteroatoms. The van der Waals surface area contributed by atoms with Crippen molar-refractivity contribution in [3.05, 3.63) is 103 Å². The highest BCUT2D eigenvalue weighted by Gasteiger charge is 2.03. The maximum absolute atomic E-state index is 9.63. The molecular weight excluding hydrogens is 344 g/mol. The second-order valence-electron chi connectivity index (χ2n) is 6.58. The summed E-state index contributed by atoms with van der Waals surface area (Å²) in [5.74, 6) is 0.255. The van der Waals surface area contributed by atoms with Crippen LogP contribution in [0.5, 0.6) is 5.75 Å². The van der Waals surface area contributed by atoms with Crippen molar-refractivity contribution in [3.63, 3.8) is 0 Å². The summed E-state index contributed by atoms with van der Waals surface area (Å²) in [5.41, 5.74) is 18.3. The number of nitrogens with two attached hydrogens (primary N) is 2. The van der Waals surface area contributed by atoms with Gasteiger partial charge in [0.05, 0.1) is 0 Å². The van der Waals surface area contributed by atoms with Crippen molar-refractivity contribution in [2.24, 2.45) is 0 Å². The van der Waals surface area contributed by atoms with Crippen LogP contribution in [0, 0.1) is 6.92 Å². The first-order valence-electron chi connectivity index (χ1n) is 9.10. The Bertz CT molecular complexity index is 958. The second kappa shape index (κ2) is 8.78. The molecule has 0 unspecified atom stereocenters. The van der Waals surface area contributed by atoms with E-state index >= 15 is 0 Å². The van der Waals surface area contributed by atoms with Crippen LogP contribution in [0.4, 0.5) is 11.4 Å². The van der Waals surface area contributed by atoms with Crippen molar-refractivity contribution >= 4 is 11.4 Å². The molecule has 5 N–H and O–H groups in total. The van der Waals surface area contributed by atoms with Crippen LogP contribution >= 0.6 is 0 Å². The molecule has 0 aromatic heterocycles. The molecule has 0 spiro atoms. The van der Waals surface area contributed by atoms with Gasteiger partial charge in [-0.3, -0.25) is 0 Å². The average Bonchev–Trinajstić information content (AvgIpc) is 2.73. The van der Waals surface area contributed by atoms with Gasteiger partial charge in [-0.05, 0) is 59.5 Å². The van der Waals surface area contributed by atoms with E-state index < -0.39 is 0 Å². The van der Waals surface area contributed by atoms with Crippen LogP contribution in [0.3, 0.4) is 0 Å². The molecule has 0 amide bonds. The van der Waals surface area contributed by atoms with Gasteiger partial charge < -0.3 is 16.6 Å². The monoisotopic (exact) mass is 368 g/mol. The Morgan fingerprint density at radius 3 is 1.61 bits per heavy atom. The molecule has 0 atom stereocenters. The molecule has 0 saturated heterocycles. The summed E-state index contributed by atoms with van der Waals surface area (Å²) in [4.78, 5) is 0. The van der Waals surface area contributed by atoms with E-state index in [0.29, 0.717) is 5.69 Å². The molecule has 0 aliphatic rings. The van der Waals surface area contributed by atoms with E-state index in [4.69, 9.17) is 11.5 Å². The van der Waals surface area contributed by atoms with Gasteiger partial charge in [0.15, 0.2) is 0 Å². The van der Waals surface area contributed by atoms with E-state index in [1.807, 2.05) is 60.7 Å². The molecule has 0 heterocycles. The van der Waals surface area contributed by atoms with Crippen LogP contribution < -0.4 is 11.5 Å². The van der Waals surface area contributed by atoms with Crippen molar-refractivity contribution < 1.29 is 5.11 Å². The van der Waals surface area contributed by atoms with Crippen LogP contribution in [0.1, 0.15) is 5.56 Å². The quantitative estimate of drug-likeness (QED) is 0.305. The van der Waals surface area contributed by atoms with Gasteiger partial charge in [0.2, 0.25) is 0 Å². The van der Waals surface area contributed by atoms with Gasteiger partial charge in [0.1, 0.15) is 5.75 Å². The lowest BCUT2D eigenvalue weighted by molar-refractivity contribution is 0.477. The number of benzene rings is 4. The molecule has 0 aliphatic heterocycles. The van der Waals surface area contributed by atoms with Crippen LogP contribution in [-0.4, -0.2) is 5.11 Å². The molecule has 0 saturated carbocycles. The standard InChI is InChI=1S/C13H13N.C12H11NO/c1-10-7-8-12(14)9-13(10)11-5-3-2-4-6-11;13-10-6-7-12(14)11(8-10)9-4-2-1-3-5-9/h2-9H,14H2,1H3;1-8,14H,13H2. The minimum absolute atomic E-state index is 0.255. The molecule has 4 aromatic carbocycles. The fourth-order valence-corrected chi connectivity index (χ4v) is 2.97. The third kappa shape index (κ3) is 4.71. The lowest BCUT2D eigenvalue weighted by Gasteiger charge is -2.06. The first-order chi connectivity index (χ1) is 13.5. The van der Waals surface area contributed by atoms with E-state index in [-0.39, 0.29) is 5.75 Å². The number of phenolic OH excluding ortho intramolecular Hbond substituents is 1. The van der Waals surface area contributed by atoms with E-state index in [0.717, 1.165) is 16.8 Å². The smallest absolute Gasteiger partial charge is 0.123 e. The Morgan fingerprint density at radius 2 is 1.04 bits per heavy atom. The van der Waals surface area contributed by atoms with Gasteiger partial charge in [-0.25, -0.2) is 0 Å². The van der Waals surface area contributed by atoms with Gasteiger partial charge in [-0.2, -0.15) is 0 Å². The molecule has 0 radical (unpaired) electrons. The molecule has 0 fully saturated rings. The molecule has 0 bridgehead atoms. The number of hydrogen-bond acceptors (Lipinski definition) is 3. The van der Waals surface area contributed by atoms with Crippen LogP contribution in [0.15, 0.2) is 97.1 Å². The number of phenols is 1. The van der Waals surface area contributed by atoms with Crippen molar-refractivity contribution in [1.82, 2.24) is 0 Å². The highest BCUT2D eigenvalue weighted by atomic mass is 16.3. The van der Waals surface area contributed by atoms with Gasteiger partial charge in [-0.15, -0.1) is 0 Å². The first-order valence-corrected chi connectivity index (χ1v) is 9.10. The maximum atomic E-state index is 9.63. The lowest BCUT2D eigenvalue weighted by atomic mass is 10.0. The van der Waals surface area contributed by atoms with Crippen molar-refractivity contribution in [1.29, 1.82) is 0 Å². The molecule has 140 valence electrons. The van der Waals surface area contributed by atoms with Crippen LogP contribution in [-0.2, 0) is 0 Å². The fourth-order valence-electron chi connectivity index (χ4n) is 2.97. The maximum Gasteiger partial charge on any atom is 0.123 e. The number of aryl methyl sites for hydroxylation is 1. The van der Waals surface area contributed by atoms with Crippen molar-refractivity contribution in [2.75, 3.05) is 11.5 Å². The van der Waals surface area contributed by atoms with Gasteiger partial charge >= 0.3 is 0 Å².